The molecule has 0 atom stereocenters. The molecule has 0 N–H and O–H groups in total. The number of hydrogen-bond acceptors (Lipinski definition) is 1. The summed E-state index contributed by atoms with van der Waals surface area (Å²) in [6, 6.07) is 2.84. The molecule has 1 aromatic carbocycles. The first-order valence-corrected chi connectivity index (χ1v) is 5.51. The van der Waals surface area contributed by atoms with Crippen molar-refractivity contribution in [1.29, 1.82) is 0 Å². The van der Waals surface area contributed by atoms with Gasteiger partial charge in [0.15, 0.2) is 5.78 Å². The van der Waals surface area contributed by atoms with E-state index in [1.54, 1.807) is 20.8 Å². The smallest absolute Gasteiger partial charge is 0.294 e. The molecule has 0 aromatic heterocycles. The quantitative estimate of drug-likeness (QED) is 0.580. The van der Waals surface area contributed by atoms with Gasteiger partial charge >= 0.3 is 6.18 Å². The minimum Gasteiger partial charge on any atom is -0.294 e. The van der Waals surface area contributed by atoms with Crippen LogP contribution in [0.4, 0.5) is 17.6 Å². The number of benzene rings is 1. The molecule has 0 amide bonds. The summed E-state index contributed by atoms with van der Waals surface area (Å²) >= 11 is 0. The van der Waals surface area contributed by atoms with Crippen LogP contribution in [0.3, 0.4) is 0 Å². The van der Waals surface area contributed by atoms with Gasteiger partial charge in [0.2, 0.25) is 0 Å². The van der Waals surface area contributed by atoms with Gasteiger partial charge in [-0.25, -0.2) is 4.39 Å². The minimum atomic E-state index is -4.87. The largest absolute Gasteiger partial charge is 0.419 e. The van der Waals surface area contributed by atoms with Crippen LogP contribution in [0.25, 0.3) is 0 Å². The van der Waals surface area contributed by atoms with Gasteiger partial charge in [0, 0.05) is 11.0 Å². The van der Waals surface area contributed by atoms with Crippen molar-refractivity contribution in [2.24, 2.45) is 5.41 Å². The van der Waals surface area contributed by atoms with Crippen molar-refractivity contribution in [2.45, 2.75) is 33.4 Å². The summed E-state index contributed by atoms with van der Waals surface area (Å²) in [7, 11) is 0. The summed E-state index contributed by atoms with van der Waals surface area (Å²) in [6.07, 6.45) is -4.50. The average Bonchev–Trinajstić information content (AvgIpc) is 2.26. The van der Waals surface area contributed by atoms with Crippen LogP contribution in [0.15, 0.2) is 18.2 Å². The molecule has 100 valence electrons. The molecule has 0 unspecified atom stereocenters. The highest BCUT2D eigenvalue weighted by molar-refractivity contribution is 6.01. The lowest BCUT2D eigenvalue weighted by molar-refractivity contribution is -0.140. The maximum absolute atomic E-state index is 13.3. The van der Waals surface area contributed by atoms with Gasteiger partial charge in [0.25, 0.3) is 0 Å². The second-order valence-corrected chi connectivity index (χ2v) is 4.73. The SMILES string of the molecule is CCC(C)(C)C(=O)c1cccc(F)c1C(F)(F)F. The molecule has 0 aliphatic heterocycles. The number of halogens is 4. The molecule has 0 heterocycles. The molecule has 5 heteroatoms. The minimum absolute atomic E-state index is 0.375. The van der Waals surface area contributed by atoms with Crippen LogP contribution < -0.4 is 0 Å². The van der Waals surface area contributed by atoms with Gasteiger partial charge in [-0.1, -0.05) is 32.9 Å². The fourth-order valence-electron chi connectivity index (χ4n) is 1.53. The van der Waals surface area contributed by atoms with Gasteiger partial charge < -0.3 is 0 Å². The van der Waals surface area contributed by atoms with Gasteiger partial charge in [-0.2, -0.15) is 13.2 Å². The van der Waals surface area contributed by atoms with Crippen LogP contribution in [0, 0.1) is 11.2 Å². The Morgan fingerprint density at radius 1 is 1.22 bits per heavy atom. The van der Waals surface area contributed by atoms with Crippen LogP contribution in [-0.4, -0.2) is 5.78 Å². The Morgan fingerprint density at radius 3 is 2.22 bits per heavy atom. The fraction of sp³-hybridized carbons (Fsp3) is 0.462. The highest BCUT2D eigenvalue weighted by Crippen LogP contribution is 2.37. The van der Waals surface area contributed by atoms with Crippen molar-refractivity contribution in [3.8, 4) is 0 Å². The summed E-state index contributed by atoms with van der Waals surface area (Å²) in [5.74, 6) is -2.11. The Bertz CT molecular complexity index is 461. The topological polar surface area (TPSA) is 17.1 Å². The lowest BCUT2D eigenvalue weighted by Crippen LogP contribution is -2.27. The molecule has 0 radical (unpaired) electrons. The van der Waals surface area contributed by atoms with Crippen molar-refractivity contribution < 1.29 is 22.4 Å². The third-order valence-electron chi connectivity index (χ3n) is 3.04. The van der Waals surface area contributed by atoms with Gasteiger partial charge in [0.05, 0.1) is 0 Å². The van der Waals surface area contributed by atoms with E-state index in [9.17, 15) is 22.4 Å². The van der Waals surface area contributed by atoms with Gasteiger partial charge in [-0.05, 0) is 12.5 Å². The lowest BCUT2D eigenvalue weighted by Gasteiger charge is -2.23. The van der Waals surface area contributed by atoms with E-state index in [4.69, 9.17) is 0 Å². The Morgan fingerprint density at radius 2 is 1.78 bits per heavy atom. The Balaban J connectivity index is 3.43. The maximum Gasteiger partial charge on any atom is 0.419 e. The molecule has 0 spiro atoms. The zero-order chi connectivity index (χ0) is 14.1. The van der Waals surface area contributed by atoms with E-state index in [1.165, 1.54) is 0 Å². The van der Waals surface area contributed by atoms with Crippen molar-refractivity contribution in [3.63, 3.8) is 0 Å². The van der Waals surface area contributed by atoms with Gasteiger partial charge in [-0.15, -0.1) is 0 Å². The monoisotopic (exact) mass is 262 g/mol. The van der Waals surface area contributed by atoms with Crippen LogP contribution in [-0.2, 0) is 6.18 Å². The molecule has 1 aromatic rings. The Kier molecular flexibility index (Phi) is 3.84. The van der Waals surface area contributed by atoms with Crippen LogP contribution in [0.5, 0.6) is 0 Å². The standard InChI is InChI=1S/C13H14F4O/c1-4-12(2,3)11(18)8-6-5-7-9(14)10(8)13(15,16)17/h5-7H,4H2,1-3H3. The predicted molar refractivity (Wildman–Crippen MR) is 59.8 cm³/mol. The van der Waals surface area contributed by atoms with E-state index >= 15 is 0 Å². The number of carbonyl (C=O) groups excluding carboxylic acids is 1. The third-order valence-corrected chi connectivity index (χ3v) is 3.04. The average molecular weight is 262 g/mol. The maximum atomic E-state index is 13.3. The van der Waals surface area contributed by atoms with Gasteiger partial charge in [-0.3, -0.25) is 4.79 Å². The predicted octanol–water partition coefficient (Wildman–Crippen LogP) is 4.46. The lowest BCUT2D eigenvalue weighted by atomic mass is 9.80. The fourth-order valence-corrected chi connectivity index (χ4v) is 1.53. The molecule has 0 saturated heterocycles. The van der Waals surface area contributed by atoms with Crippen LogP contribution in [0.1, 0.15) is 43.1 Å². The third kappa shape index (κ3) is 2.71. The summed E-state index contributed by atoms with van der Waals surface area (Å²) in [6.45, 7) is 4.78. The van der Waals surface area contributed by atoms with E-state index in [1.807, 2.05) is 0 Å². The zero-order valence-corrected chi connectivity index (χ0v) is 10.4. The molecule has 18 heavy (non-hydrogen) atoms. The van der Waals surface area contributed by atoms with E-state index in [2.05, 4.69) is 0 Å². The molecule has 1 rings (SSSR count). The molecular formula is C13H14F4O. The normalized spacial score (nSPS) is 12.6. The molecule has 1 nitrogen and oxygen atoms in total. The molecular weight excluding hydrogens is 248 g/mol. The number of hydrogen-bond donors (Lipinski definition) is 0. The summed E-state index contributed by atoms with van der Waals surface area (Å²) in [5.41, 5.74) is -3.03. The van der Waals surface area contributed by atoms with E-state index in [-0.39, 0.29) is 0 Å². The number of alkyl halides is 3. The molecule has 0 aliphatic carbocycles. The highest BCUT2D eigenvalue weighted by atomic mass is 19.4. The van der Waals surface area contributed by atoms with Crippen molar-refractivity contribution >= 4 is 5.78 Å². The van der Waals surface area contributed by atoms with Crippen molar-refractivity contribution in [1.82, 2.24) is 0 Å². The second-order valence-electron chi connectivity index (χ2n) is 4.73. The second kappa shape index (κ2) is 4.71. The Labute approximate surface area is 103 Å². The first-order chi connectivity index (χ1) is 8.11. The highest BCUT2D eigenvalue weighted by Gasteiger charge is 2.40. The molecule has 0 bridgehead atoms. The number of rotatable bonds is 3. The number of Topliss-reactive ketones (excluding diaryl/α,β-unsaturated/α-hetero) is 1. The van der Waals surface area contributed by atoms with E-state index in [0.29, 0.717) is 12.5 Å². The first-order valence-electron chi connectivity index (χ1n) is 5.51. The van der Waals surface area contributed by atoms with E-state index < -0.39 is 34.3 Å². The number of carbonyl (C=O) groups is 1. The summed E-state index contributed by atoms with van der Waals surface area (Å²) in [5, 5.41) is 0. The molecule has 0 fully saturated rings. The van der Waals surface area contributed by atoms with Crippen molar-refractivity contribution in [3.05, 3.63) is 35.1 Å². The zero-order valence-electron chi connectivity index (χ0n) is 10.4. The Hall–Kier alpha value is -1.39. The first kappa shape index (κ1) is 14.7. The van der Waals surface area contributed by atoms with Gasteiger partial charge in [0.1, 0.15) is 11.4 Å². The van der Waals surface area contributed by atoms with E-state index in [0.717, 1.165) is 12.1 Å². The number of ketones is 1. The molecule has 0 saturated carbocycles. The van der Waals surface area contributed by atoms with Crippen molar-refractivity contribution in [2.75, 3.05) is 0 Å². The summed E-state index contributed by atoms with van der Waals surface area (Å²) < 4.78 is 51.6. The molecule has 0 aliphatic rings. The van der Waals surface area contributed by atoms with Crippen LogP contribution in [0.2, 0.25) is 0 Å². The van der Waals surface area contributed by atoms with Crippen LogP contribution >= 0.6 is 0 Å². The summed E-state index contributed by atoms with van der Waals surface area (Å²) in [4.78, 5) is 12.1.